The lowest BCUT2D eigenvalue weighted by molar-refractivity contribution is -0.140. The molecule has 0 aromatic heterocycles. The predicted molar refractivity (Wildman–Crippen MR) is 168 cm³/mol. The van der Waals surface area contributed by atoms with Crippen LogP contribution in [-0.4, -0.2) is 64.7 Å². The van der Waals surface area contributed by atoms with Crippen LogP contribution < -0.4 is 19.1 Å². The van der Waals surface area contributed by atoms with Crippen LogP contribution in [0.3, 0.4) is 0 Å². The van der Waals surface area contributed by atoms with Crippen LogP contribution in [0.5, 0.6) is 11.5 Å². The second kappa shape index (κ2) is 15.1. The van der Waals surface area contributed by atoms with E-state index in [0.717, 1.165) is 26.2 Å². The number of carbonyl (C=O) groups is 2. The van der Waals surface area contributed by atoms with Gasteiger partial charge in [0.1, 0.15) is 24.1 Å². The Hall–Kier alpha value is -3.57. The van der Waals surface area contributed by atoms with Gasteiger partial charge >= 0.3 is 0 Å². The maximum absolute atomic E-state index is 14.2. The molecule has 0 aliphatic heterocycles. The van der Waals surface area contributed by atoms with Crippen LogP contribution in [0.1, 0.15) is 25.0 Å². The third-order valence-electron chi connectivity index (χ3n) is 6.56. The average Bonchev–Trinajstić information content (AvgIpc) is 2.96. The molecule has 11 heteroatoms. The Labute approximate surface area is 257 Å². The molecule has 42 heavy (non-hydrogen) atoms. The smallest absolute Gasteiger partial charge is 0.244 e. The average molecular weight is 661 g/mol. The highest BCUT2D eigenvalue weighted by Gasteiger charge is 2.34. The second-order valence-electron chi connectivity index (χ2n) is 10.3. The minimum absolute atomic E-state index is 0.0888. The summed E-state index contributed by atoms with van der Waals surface area (Å²) >= 11 is 3.44. The van der Waals surface area contributed by atoms with Crippen LogP contribution >= 0.6 is 15.9 Å². The van der Waals surface area contributed by atoms with Gasteiger partial charge < -0.3 is 19.7 Å². The second-order valence-corrected chi connectivity index (χ2v) is 13.1. The molecule has 0 radical (unpaired) electrons. The molecule has 0 saturated heterocycles. The first-order valence-electron chi connectivity index (χ1n) is 13.5. The van der Waals surface area contributed by atoms with Crippen molar-refractivity contribution < 1.29 is 27.5 Å². The fourth-order valence-corrected chi connectivity index (χ4v) is 5.46. The van der Waals surface area contributed by atoms with Crippen molar-refractivity contribution in [3.63, 3.8) is 0 Å². The molecular weight excluding hydrogens is 622 g/mol. The first kappa shape index (κ1) is 32.9. The van der Waals surface area contributed by atoms with Crippen LogP contribution in [0.15, 0.2) is 77.3 Å². The van der Waals surface area contributed by atoms with E-state index < -0.39 is 28.5 Å². The maximum Gasteiger partial charge on any atom is 0.244 e. The third-order valence-corrected chi connectivity index (χ3v) is 8.21. The standard InChI is InChI=1S/C31H38BrN3O6S/c1-22(2)19-33-31(37)28(17-23-9-7-6-8-10-23)34(20-24-11-13-25(32)14-12-24)30(36)21-35(42(5,38)39)27-18-26(40-3)15-16-29(27)41-4/h6-16,18,22,28H,17,19-21H2,1-5H3,(H,33,37)/t28-/m1/s1. The molecule has 0 spiro atoms. The van der Waals surface area contributed by atoms with Gasteiger partial charge in [-0.3, -0.25) is 13.9 Å². The van der Waals surface area contributed by atoms with E-state index >= 15 is 0 Å². The van der Waals surface area contributed by atoms with Crippen LogP contribution in [0, 0.1) is 5.92 Å². The number of hydrogen-bond donors (Lipinski definition) is 1. The summed E-state index contributed by atoms with van der Waals surface area (Å²) in [6.07, 6.45) is 1.27. The SMILES string of the molecule is COc1ccc(OC)c(N(CC(=O)N(Cc2ccc(Br)cc2)[C@H](Cc2ccccc2)C(=O)NCC(C)C)S(C)(=O)=O)c1. The number of halogens is 1. The van der Waals surface area contributed by atoms with Crippen molar-refractivity contribution in [2.45, 2.75) is 32.9 Å². The first-order chi connectivity index (χ1) is 19.9. The normalized spacial score (nSPS) is 12.0. The maximum atomic E-state index is 14.2. The molecule has 0 heterocycles. The number of rotatable bonds is 14. The van der Waals surface area contributed by atoms with Crippen molar-refractivity contribution in [2.24, 2.45) is 5.92 Å². The topological polar surface area (TPSA) is 105 Å². The molecule has 3 aromatic rings. The van der Waals surface area contributed by atoms with Crippen molar-refractivity contribution >= 4 is 43.5 Å². The Morgan fingerprint density at radius 3 is 2.17 bits per heavy atom. The zero-order chi connectivity index (χ0) is 30.9. The lowest BCUT2D eigenvalue weighted by atomic mass is 10.0. The van der Waals surface area contributed by atoms with Gasteiger partial charge in [0.05, 0.1) is 26.2 Å². The number of nitrogens with one attached hydrogen (secondary N) is 1. The summed E-state index contributed by atoms with van der Waals surface area (Å²) in [7, 11) is -1.08. The van der Waals surface area contributed by atoms with Crippen LogP contribution in [-0.2, 0) is 32.6 Å². The summed E-state index contributed by atoms with van der Waals surface area (Å²) in [6, 6.07) is 20.7. The van der Waals surface area contributed by atoms with Gasteiger partial charge in [0, 0.05) is 30.0 Å². The monoisotopic (exact) mass is 659 g/mol. The molecule has 3 aromatic carbocycles. The van der Waals surface area contributed by atoms with E-state index in [2.05, 4.69) is 21.2 Å². The highest BCUT2D eigenvalue weighted by Crippen LogP contribution is 2.34. The molecule has 1 atom stereocenters. The molecule has 2 amide bonds. The fourth-order valence-electron chi connectivity index (χ4n) is 4.35. The van der Waals surface area contributed by atoms with Crippen LogP contribution in [0.2, 0.25) is 0 Å². The predicted octanol–water partition coefficient (Wildman–Crippen LogP) is 4.64. The van der Waals surface area contributed by atoms with Crippen LogP contribution in [0.4, 0.5) is 5.69 Å². The number of carbonyl (C=O) groups excluding carboxylic acids is 2. The van der Waals surface area contributed by atoms with Crippen molar-refractivity contribution in [1.82, 2.24) is 10.2 Å². The molecule has 1 N–H and O–H groups in total. The number of methoxy groups -OCH3 is 2. The van der Waals surface area contributed by atoms with Gasteiger partial charge in [0.25, 0.3) is 0 Å². The molecule has 0 aliphatic carbocycles. The Balaban J connectivity index is 2.09. The Morgan fingerprint density at radius 2 is 1.60 bits per heavy atom. The number of ether oxygens (including phenoxy) is 2. The Kier molecular flexibility index (Phi) is 11.8. The molecule has 0 bridgehead atoms. The summed E-state index contributed by atoms with van der Waals surface area (Å²) in [5.74, 6) is -0.0161. The van der Waals surface area contributed by atoms with Gasteiger partial charge in [-0.15, -0.1) is 0 Å². The number of nitrogens with zero attached hydrogens (tertiary/aromatic N) is 2. The molecular formula is C31H38BrN3O6S. The number of amides is 2. The number of hydrogen-bond acceptors (Lipinski definition) is 6. The summed E-state index contributed by atoms with van der Waals surface area (Å²) < 4.78 is 38.8. The minimum atomic E-state index is -3.97. The first-order valence-corrected chi connectivity index (χ1v) is 16.1. The largest absolute Gasteiger partial charge is 0.497 e. The summed E-state index contributed by atoms with van der Waals surface area (Å²) in [6.45, 7) is 3.94. The van der Waals surface area contributed by atoms with Gasteiger partial charge in [-0.25, -0.2) is 8.42 Å². The summed E-state index contributed by atoms with van der Waals surface area (Å²) in [4.78, 5) is 29.4. The molecule has 0 fully saturated rings. The van der Waals surface area contributed by atoms with E-state index in [1.807, 2.05) is 68.4 Å². The van der Waals surface area contributed by atoms with Crippen molar-refractivity contribution in [2.75, 3.05) is 37.9 Å². The molecule has 9 nitrogen and oxygen atoms in total. The summed E-state index contributed by atoms with van der Waals surface area (Å²) in [5, 5.41) is 2.97. The van der Waals surface area contributed by atoms with Crippen molar-refractivity contribution in [3.8, 4) is 11.5 Å². The lowest BCUT2D eigenvalue weighted by Crippen LogP contribution is -2.53. The van der Waals surface area contributed by atoms with Gasteiger partial charge in [-0.05, 0) is 41.3 Å². The zero-order valence-corrected chi connectivity index (χ0v) is 26.9. The number of benzene rings is 3. The number of sulfonamides is 1. The molecule has 0 unspecified atom stereocenters. The van der Waals surface area contributed by atoms with E-state index in [9.17, 15) is 18.0 Å². The fraction of sp³-hybridized carbons (Fsp3) is 0.355. The summed E-state index contributed by atoms with van der Waals surface area (Å²) in [5.41, 5.74) is 1.80. The lowest BCUT2D eigenvalue weighted by Gasteiger charge is -2.34. The van der Waals surface area contributed by atoms with Gasteiger partial charge in [-0.1, -0.05) is 72.2 Å². The highest BCUT2D eigenvalue weighted by molar-refractivity contribution is 9.10. The molecule has 0 saturated carbocycles. The van der Waals surface area contributed by atoms with Gasteiger partial charge in [0.15, 0.2) is 0 Å². The molecule has 3 rings (SSSR count). The quantitative estimate of drug-likeness (QED) is 0.270. The number of anilines is 1. The van der Waals surface area contributed by atoms with Gasteiger partial charge in [-0.2, -0.15) is 0 Å². The minimum Gasteiger partial charge on any atom is -0.497 e. The van der Waals surface area contributed by atoms with Crippen LogP contribution in [0.25, 0.3) is 0 Å². The van der Waals surface area contributed by atoms with E-state index in [0.29, 0.717) is 12.3 Å². The van der Waals surface area contributed by atoms with Crippen molar-refractivity contribution in [3.05, 3.63) is 88.4 Å². The van der Waals surface area contributed by atoms with E-state index in [1.165, 1.54) is 25.2 Å². The zero-order valence-electron chi connectivity index (χ0n) is 24.5. The molecule has 226 valence electrons. The van der Waals surface area contributed by atoms with E-state index in [4.69, 9.17) is 9.47 Å². The van der Waals surface area contributed by atoms with E-state index in [-0.39, 0.29) is 36.2 Å². The third kappa shape index (κ3) is 9.22. The highest BCUT2D eigenvalue weighted by atomic mass is 79.9. The Morgan fingerprint density at radius 1 is 0.929 bits per heavy atom. The van der Waals surface area contributed by atoms with Crippen molar-refractivity contribution in [1.29, 1.82) is 0 Å². The Bertz CT molecular complexity index is 1450. The van der Waals surface area contributed by atoms with Gasteiger partial charge in [0.2, 0.25) is 21.8 Å². The molecule has 0 aliphatic rings. The van der Waals surface area contributed by atoms with E-state index in [1.54, 1.807) is 12.1 Å².